The van der Waals surface area contributed by atoms with Crippen LogP contribution in [0, 0.1) is 5.82 Å². The van der Waals surface area contributed by atoms with E-state index >= 15 is 0 Å². The van der Waals surface area contributed by atoms with Gasteiger partial charge in [-0.3, -0.25) is 9.78 Å². The molecule has 1 saturated carbocycles. The second kappa shape index (κ2) is 21.2. The molecular formula is C28H41F2N3O3. The van der Waals surface area contributed by atoms with Crippen LogP contribution in [0.3, 0.4) is 0 Å². The fraction of sp³-hybridized carbons (Fsp3) is 0.464. The number of aliphatic imine (C=N–C) groups is 1. The number of halogens is 2. The maximum atomic E-state index is 13.8. The number of aromatic nitrogens is 1. The lowest BCUT2D eigenvalue weighted by Gasteiger charge is -2.14. The van der Waals surface area contributed by atoms with Crippen LogP contribution in [0.1, 0.15) is 64.9 Å². The summed E-state index contributed by atoms with van der Waals surface area (Å²) >= 11 is 0. The zero-order valence-electron chi connectivity index (χ0n) is 22.1. The maximum Gasteiger partial charge on any atom is 0.168 e. The Morgan fingerprint density at radius 1 is 1.22 bits per heavy atom. The molecule has 1 aliphatic rings. The predicted octanol–water partition coefficient (Wildman–Crippen LogP) is 6.55. The minimum atomic E-state index is -0.994. The minimum absolute atomic E-state index is 0.0359. The Morgan fingerprint density at radius 2 is 1.92 bits per heavy atom. The number of ether oxygens (including phenoxy) is 1. The molecule has 200 valence electrons. The van der Waals surface area contributed by atoms with Crippen molar-refractivity contribution in [1.82, 2.24) is 4.98 Å². The van der Waals surface area contributed by atoms with Crippen LogP contribution >= 0.6 is 0 Å². The Balaban J connectivity index is 0.000000586. The first kappa shape index (κ1) is 32.9. The highest BCUT2D eigenvalue weighted by Gasteiger charge is 2.16. The van der Waals surface area contributed by atoms with E-state index in [-0.39, 0.29) is 28.8 Å². The standard InChI is InChI=1S/C14H15F2NO2.C6H8N2.C6H12O.C2H6/c1-3-5-10(9-18)17-12(8-15)14-11(16)6-4-7-13(14)19-2;1-7-6-3-2-4-8-5-6;7-6-4-2-1-3-5-6;1-2/h4-7,9H,3,8H2,1-2H3;2-5,7H,1H3;6-7H,1-5H2;1-2H3/b10-5-,17-12?;;;. The number of aldehydes is 1. The molecule has 0 aliphatic heterocycles. The first-order valence-corrected chi connectivity index (χ1v) is 12.4. The van der Waals surface area contributed by atoms with Gasteiger partial charge in [0.1, 0.15) is 18.2 Å². The fourth-order valence-electron chi connectivity index (χ4n) is 3.18. The maximum absolute atomic E-state index is 13.8. The summed E-state index contributed by atoms with van der Waals surface area (Å²) in [6, 6.07) is 8.01. The molecule has 1 fully saturated rings. The number of methoxy groups -OCH3 is 1. The number of hydrogen-bond acceptors (Lipinski definition) is 6. The Bertz CT molecular complexity index is 900. The van der Waals surface area contributed by atoms with E-state index in [1.807, 2.05) is 40.0 Å². The van der Waals surface area contributed by atoms with Crippen LogP contribution in [0.25, 0.3) is 0 Å². The van der Waals surface area contributed by atoms with Gasteiger partial charge in [-0.05, 0) is 43.5 Å². The summed E-state index contributed by atoms with van der Waals surface area (Å²) in [5.74, 6) is -0.462. The van der Waals surface area contributed by atoms with Crippen molar-refractivity contribution in [1.29, 1.82) is 0 Å². The molecule has 0 radical (unpaired) electrons. The van der Waals surface area contributed by atoms with E-state index in [0.717, 1.165) is 18.5 Å². The number of aliphatic hydroxyl groups excluding tert-OH is 1. The average Bonchev–Trinajstić information content (AvgIpc) is 2.94. The molecule has 0 unspecified atom stereocenters. The number of aliphatic hydroxyl groups is 1. The Hall–Kier alpha value is -3.13. The van der Waals surface area contributed by atoms with E-state index in [1.54, 1.807) is 12.4 Å². The molecule has 1 aromatic heterocycles. The van der Waals surface area contributed by atoms with Crippen molar-refractivity contribution in [3.8, 4) is 5.75 Å². The minimum Gasteiger partial charge on any atom is -0.496 e. The van der Waals surface area contributed by atoms with Crippen LogP contribution in [0.15, 0.2) is 59.5 Å². The number of benzene rings is 1. The number of hydrogen-bond donors (Lipinski definition) is 2. The lowest BCUT2D eigenvalue weighted by Crippen LogP contribution is -2.09. The third-order valence-corrected chi connectivity index (χ3v) is 4.93. The smallest absolute Gasteiger partial charge is 0.168 e. The summed E-state index contributed by atoms with van der Waals surface area (Å²) in [5.41, 5.74) is 0.894. The molecule has 1 heterocycles. The highest BCUT2D eigenvalue weighted by Crippen LogP contribution is 2.23. The molecule has 3 rings (SSSR count). The van der Waals surface area contributed by atoms with Crippen molar-refractivity contribution in [2.75, 3.05) is 26.1 Å². The lowest BCUT2D eigenvalue weighted by molar-refractivity contribution is -0.104. The monoisotopic (exact) mass is 505 g/mol. The molecule has 0 amide bonds. The predicted molar refractivity (Wildman–Crippen MR) is 144 cm³/mol. The Morgan fingerprint density at radius 3 is 2.33 bits per heavy atom. The van der Waals surface area contributed by atoms with E-state index in [1.165, 1.54) is 50.6 Å². The summed E-state index contributed by atoms with van der Waals surface area (Å²) < 4.78 is 31.8. The van der Waals surface area contributed by atoms with Gasteiger partial charge in [-0.2, -0.15) is 0 Å². The van der Waals surface area contributed by atoms with Gasteiger partial charge < -0.3 is 15.2 Å². The number of rotatable bonds is 7. The number of pyridine rings is 1. The highest BCUT2D eigenvalue weighted by molar-refractivity contribution is 6.05. The van der Waals surface area contributed by atoms with Crippen molar-refractivity contribution in [2.45, 2.75) is 65.4 Å². The van der Waals surface area contributed by atoms with Crippen LogP contribution in [0.5, 0.6) is 5.75 Å². The number of alkyl halides is 1. The zero-order chi connectivity index (χ0) is 27.2. The number of anilines is 1. The highest BCUT2D eigenvalue weighted by atomic mass is 19.1. The molecule has 2 N–H and O–H groups in total. The van der Waals surface area contributed by atoms with Crippen molar-refractivity contribution in [3.05, 3.63) is 65.9 Å². The first-order chi connectivity index (χ1) is 17.5. The van der Waals surface area contributed by atoms with Gasteiger partial charge in [-0.25, -0.2) is 13.8 Å². The SMILES string of the molecule is CC.CC/C=C(/C=O)N=C(CF)c1c(F)cccc1OC.CNc1cccnc1.OC1CCCCC1. The van der Waals surface area contributed by atoms with Crippen molar-refractivity contribution >= 4 is 17.7 Å². The third kappa shape index (κ3) is 13.1. The number of allylic oxidation sites excluding steroid dienone is 2. The molecule has 1 aliphatic carbocycles. The Kier molecular flexibility index (Phi) is 19.3. The van der Waals surface area contributed by atoms with Gasteiger partial charge in [0.2, 0.25) is 0 Å². The van der Waals surface area contributed by atoms with E-state index in [4.69, 9.17) is 9.84 Å². The Labute approximate surface area is 214 Å². The molecule has 0 spiro atoms. The number of carbonyl (C=O) groups is 1. The van der Waals surface area contributed by atoms with Crippen LogP contribution in [0.4, 0.5) is 14.5 Å². The lowest BCUT2D eigenvalue weighted by atomic mass is 9.98. The van der Waals surface area contributed by atoms with E-state index < -0.39 is 12.5 Å². The van der Waals surface area contributed by atoms with Gasteiger partial charge in [-0.15, -0.1) is 0 Å². The summed E-state index contributed by atoms with van der Waals surface area (Å²) in [6.45, 7) is 4.82. The van der Waals surface area contributed by atoms with Crippen molar-refractivity contribution in [2.24, 2.45) is 4.99 Å². The molecule has 1 aromatic carbocycles. The molecule has 36 heavy (non-hydrogen) atoms. The molecule has 6 nitrogen and oxygen atoms in total. The largest absolute Gasteiger partial charge is 0.496 e. The number of carbonyl (C=O) groups excluding carboxylic acids is 1. The molecule has 2 aromatic rings. The van der Waals surface area contributed by atoms with E-state index in [0.29, 0.717) is 12.7 Å². The number of nitrogens with zero attached hydrogens (tertiary/aromatic N) is 2. The molecular weight excluding hydrogens is 464 g/mol. The molecule has 8 heteroatoms. The topological polar surface area (TPSA) is 83.8 Å². The quantitative estimate of drug-likeness (QED) is 0.253. The van der Waals surface area contributed by atoms with Gasteiger partial charge >= 0.3 is 0 Å². The van der Waals surface area contributed by atoms with E-state index in [2.05, 4.69) is 15.3 Å². The summed E-state index contributed by atoms with van der Waals surface area (Å²) in [6.07, 6.45) is 12.1. The second-order valence-corrected chi connectivity index (χ2v) is 7.45. The van der Waals surface area contributed by atoms with Gasteiger partial charge in [0, 0.05) is 19.4 Å². The van der Waals surface area contributed by atoms with E-state index in [9.17, 15) is 13.6 Å². The van der Waals surface area contributed by atoms with Crippen LogP contribution in [0.2, 0.25) is 0 Å². The summed E-state index contributed by atoms with van der Waals surface area (Å²) in [7, 11) is 3.23. The van der Waals surface area contributed by atoms with Crippen LogP contribution < -0.4 is 10.1 Å². The third-order valence-electron chi connectivity index (χ3n) is 4.93. The second-order valence-electron chi connectivity index (χ2n) is 7.45. The zero-order valence-corrected chi connectivity index (χ0v) is 22.1. The number of nitrogens with one attached hydrogen (secondary N) is 1. The first-order valence-electron chi connectivity index (χ1n) is 12.4. The van der Waals surface area contributed by atoms with Gasteiger partial charge in [0.05, 0.1) is 35.9 Å². The van der Waals surface area contributed by atoms with Gasteiger partial charge in [0.25, 0.3) is 0 Å². The van der Waals surface area contributed by atoms with Crippen LogP contribution in [-0.4, -0.2) is 49.0 Å². The summed E-state index contributed by atoms with van der Waals surface area (Å²) in [5, 5.41) is 11.9. The summed E-state index contributed by atoms with van der Waals surface area (Å²) in [4.78, 5) is 18.5. The molecule has 0 bridgehead atoms. The van der Waals surface area contributed by atoms with Crippen molar-refractivity contribution < 1.29 is 23.4 Å². The van der Waals surface area contributed by atoms with Crippen molar-refractivity contribution in [3.63, 3.8) is 0 Å². The van der Waals surface area contributed by atoms with Crippen LogP contribution in [-0.2, 0) is 4.79 Å². The van der Waals surface area contributed by atoms with Gasteiger partial charge in [-0.1, -0.05) is 52.2 Å². The fourth-order valence-corrected chi connectivity index (χ4v) is 3.18. The average molecular weight is 506 g/mol. The molecule has 0 saturated heterocycles. The normalized spacial score (nSPS) is 13.6. The molecule has 0 atom stereocenters. The van der Waals surface area contributed by atoms with Gasteiger partial charge in [0.15, 0.2) is 6.29 Å².